The van der Waals surface area contributed by atoms with Crippen molar-refractivity contribution in [2.45, 2.75) is 45.6 Å². The molecule has 1 aliphatic carbocycles. The Kier molecular flexibility index (Phi) is 5.23. The molecular weight excluding hydrogens is 266 g/mol. The lowest BCUT2D eigenvalue weighted by atomic mass is 10.0. The molecule has 0 saturated heterocycles. The first kappa shape index (κ1) is 15.8. The van der Waals surface area contributed by atoms with Crippen LogP contribution in [-0.4, -0.2) is 23.7 Å². The van der Waals surface area contributed by atoms with Crippen LogP contribution in [0.25, 0.3) is 6.08 Å². The Morgan fingerprint density at radius 3 is 2.86 bits per heavy atom. The van der Waals surface area contributed by atoms with Gasteiger partial charge in [0, 0.05) is 18.5 Å². The van der Waals surface area contributed by atoms with Gasteiger partial charge in [0.15, 0.2) is 0 Å². The van der Waals surface area contributed by atoms with Crippen molar-refractivity contribution in [3.8, 4) is 0 Å². The Morgan fingerprint density at radius 2 is 2.24 bits per heavy atom. The first-order valence-corrected chi connectivity index (χ1v) is 7.69. The highest BCUT2D eigenvalue weighted by atomic mass is 16.3. The lowest BCUT2D eigenvalue weighted by molar-refractivity contribution is -0.116. The molecule has 1 amide bonds. The van der Waals surface area contributed by atoms with Gasteiger partial charge < -0.3 is 14.8 Å². The summed E-state index contributed by atoms with van der Waals surface area (Å²) in [5, 5.41) is 12.1. The van der Waals surface area contributed by atoms with Crippen LogP contribution in [0.3, 0.4) is 0 Å². The van der Waals surface area contributed by atoms with Crippen LogP contribution in [0.5, 0.6) is 0 Å². The van der Waals surface area contributed by atoms with E-state index in [0.717, 1.165) is 11.5 Å². The predicted molar refractivity (Wildman–Crippen MR) is 82.7 cm³/mol. The molecule has 0 bridgehead atoms. The molecule has 0 aliphatic heterocycles. The number of carbonyl (C=O) groups excluding carboxylic acids is 1. The van der Waals surface area contributed by atoms with E-state index in [4.69, 9.17) is 4.42 Å². The minimum Gasteiger partial charge on any atom is -0.461 e. The van der Waals surface area contributed by atoms with Crippen LogP contribution >= 0.6 is 0 Å². The van der Waals surface area contributed by atoms with Crippen molar-refractivity contribution in [1.29, 1.82) is 0 Å². The molecule has 21 heavy (non-hydrogen) atoms. The molecular formula is C17H25NO3. The van der Waals surface area contributed by atoms with Gasteiger partial charge in [-0.1, -0.05) is 13.8 Å². The van der Waals surface area contributed by atoms with Gasteiger partial charge in [0.05, 0.1) is 6.10 Å². The van der Waals surface area contributed by atoms with Crippen molar-refractivity contribution in [2.75, 3.05) is 6.54 Å². The topological polar surface area (TPSA) is 62.5 Å². The summed E-state index contributed by atoms with van der Waals surface area (Å²) in [4.78, 5) is 11.7. The van der Waals surface area contributed by atoms with Crippen molar-refractivity contribution >= 4 is 12.0 Å². The first-order valence-electron chi connectivity index (χ1n) is 7.69. The van der Waals surface area contributed by atoms with Crippen molar-refractivity contribution in [3.63, 3.8) is 0 Å². The Balaban J connectivity index is 1.75. The zero-order valence-electron chi connectivity index (χ0n) is 13.0. The van der Waals surface area contributed by atoms with Crippen molar-refractivity contribution in [1.82, 2.24) is 5.32 Å². The Morgan fingerprint density at radius 1 is 1.52 bits per heavy atom. The quantitative estimate of drug-likeness (QED) is 0.759. The van der Waals surface area contributed by atoms with Gasteiger partial charge in [0.1, 0.15) is 11.5 Å². The summed E-state index contributed by atoms with van der Waals surface area (Å²) in [6.45, 7) is 6.54. The average molecular weight is 291 g/mol. The Bertz CT molecular complexity index is 504. The molecule has 1 aromatic rings. The number of aliphatic hydroxyl groups is 1. The molecule has 4 heteroatoms. The standard InChI is InChI=1S/C17H25NO3/c1-11(8-13(3)19)10-18-17(20)7-5-14-4-6-16(21-14)15-9-12(15)2/h4-7,11-13,15,19H,8-10H2,1-3H3,(H,18,20). The van der Waals surface area contributed by atoms with Crippen molar-refractivity contribution in [3.05, 3.63) is 29.7 Å². The molecule has 0 aromatic carbocycles. The molecule has 1 aliphatic rings. The smallest absolute Gasteiger partial charge is 0.244 e. The maximum atomic E-state index is 11.7. The Labute approximate surface area is 126 Å². The van der Waals surface area contributed by atoms with Gasteiger partial charge in [-0.3, -0.25) is 4.79 Å². The molecule has 1 aromatic heterocycles. The summed E-state index contributed by atoms with van der Waals surface area (Å²) in [7, 11) is 0. The minimum absolute atomic E-state index is 0.134. The molecule has 116 valence electrons. The van der Waals surface area contributed by atoms with Crippen LogP contribution in [0.2, 0.25) is 0 Å². The first-order chi connectivity index (χ1) is 9.95. The second-order valence-corrected chi connectivity index (χ2v) is 6.33. The summed E-state index contributed by atoms with van der Waals surface area (Å²) in [5.74, 6) is 3.14. The second-order valence-electron chi connectivity index (χ2n) is 6.33. The molecule has 4 atom stereocenters. The van der Waals surface area contributed by atoms with Gasteiger partial charge in [-0.2, -0.15) is 0 Å². The van der Waals surface area contributed by atoms with Crippen LogP contribution in [-0.2, 0) is 4.79 Å². The van der Waals surface area contributed by atoms with E-state index < -0.39 is 0 Å². The molecule has 1 heterocycles. The number of aliphatic hydroxyl groups excluding tert-OH is 1. The van der Waals surface area contributed by atoms with Crippen molar-refractivity contribution in [2.24, 2.45) is 11.8 Å². The van der Waals surface area contributed by atoms with Crippen LogP contribution < -0.4 is 5.32 Å². The molecule has 2 rings (SSSR count). The van der Waals surface area contributed by atoms with Gasteiger partial charge >= 0.3 is 0 Å². The van der Waals surface area contributed by atoms with E-state index in [9.17, 15) is 9.90 Å². The number of hydrogen-bond acceptors (Lipinski definition) is 3. The fraction of sp³-hybridized carbons (Fsp3) is 0.588. The number of hydrogen-bond donors (Lipinski definition) is 2. The number of amides is 1. The summed E-state index contributed by atoms with van der Waals surface area (Å²) in [5.41, 5.74) is 0. The molecule has 2 N–H and O–H groups in total. The number of nitrogens with one attached hydrogen (secondary N) is 1. The lowest BCUT2D eigenvalue weighted by Gasteiger charge is -2.13. The van der Waals surface area contributed by atoms with Crippen LogP contribution in [0.15, 0.2) is 22.6 Å². The van der Waals surface area contributed by atoms with Gasteiger partial charge in [0.2, 0.25) is 5.91 Å². The zero-order chi connectivity index (χ0) is 15.4. The number of carbonyl (C=O) groups is 1. The number of rotatable bonds is 7. The minimum atomic E-state index is -0.334. The van der Waals surface area contributed by atoms with E-state index in [2.05, 4.69) is 12.2 Å². The van der Waals surface area contributed by atoms with Crippen LogP contribution in [0.1, 0.15) is 51.1 Å². The van der Waals surface area contributed by atoms with Gasteiger partial charge in [0.25, 0.3) is 0 Å². The molecule has 4 unspecified atom stereocenters. The highest BCUT2D eigenvalue weighted by Gasteiger charge is 2.36. The monoisotopic (exact) mass is 291 g/mol. The highest BCUT2D eigenvalue weighted by Crippen LogP contribution is 2.47. The van der Waals surface area contributed by atoms with E-state index in [1.807, 2.05) is 19.1 Å². The van der Waals surface area contributed by atoms with Gasteiger partial charge in [-0.05, 0) is 49.8 Å². The lowest BCUT2D eigenvalue weighted by Crippen LogP contribution is -2.27. The van der Waals surface area contributed by atoms with Crippen LogP contribution in [0.4, 0.5) is 0 Å². The predicted octanol–water partition coefficient (Wildman–Crippen LogP) is 2.94. The third-order valence-electron chi connectivity index (χ3n) is 3.89. The summed E-state index contributed by atoms with van der Waals surface area (Å²) in [6.07, 6.45) is 4.74. The third kappa shape index (κ3) is 5.05. The van der Waals surface area contributed by atoms with Gasteiger partial charge in [-0.25, -0.2) is 0 Å². The molecule has 0 radical (unpaired) electrons. The van der Waals surface area contributed by atoms with E-state index in [0.29, 0.717) is 24.8 Å². The molecule has 1 fully saturated rings. The highest BCUT2D eigenvalue weighted by molar-refractivity contribution is 5.91. The molecule has 4 nitrogen and oxygen atoms in total. The largest absolute Gasteiger partial charge is 0.461 e. The summed E-state index contributed by atoms with van der Waals surface area (Å²) < 4.78 is 5.71. The maximum absolute atomic E-state index is 11.7. The zero-order valence-corrected chi connectivity index (χ0v) is 13.0. The van der Waals surface area contributed by atoms with Crippen LogP contribution in [0, 0.1) is 11.8 Å². The van der Waals surface area contributed by atoms with E-state index in [-0.39, 0.29) is 17.9 Å². The maximum Gasteiger partial charge on any atom is 0.244 e. The molecule has 0 spiro atoms. The summed E-state index contributed by atoms with van der Waals surface area (Å²) >= 11 is 0. The average Bonchev–Trinajstić information content (AvgIpc) is 2.96. The Hall–Kier alpha value is -1.55. The van der Waals surface area contributed by atoms with E-state index >= 15 is 0 Å². The SMILES string of the molecule is CC(O)CC(C)CNC(=O)C=Cc1ccc(C2CC2C)o1. The summed E-state index contributed by atoms with van der Waals surface area (Å²) in [6, 6.07) is 3.90. The van der Waals surface area contributed by atoms with Gasteiger partial charge in [-0.15, -0.1) is 0 Å². The number of furan rings is 1. The van der Waals surface area contributed by atoms with E-state index in [1.165, 1.54) is 12.5 Å². The normalized spacial score (nSPS) is 24.0. The molecule has 1 saturated carbocycles. The van der Waals surface area contributed by atoms with E-state index in [1.54, 1.807) is 13.0 Å². The fourth-order valence-electron chi connectivity index (χ4n) is 2.53. The fourth-order valence-corrected chi connectivity index (χ4v) is 2.53. The van der Waals surface area contributed by atoms with Crippen molar-refractivity contribution < 1.29 is 14.3 Å². The second kappa shape index (κ2) is 6.94. The third-order valence-corrected chi connectivity index (χ3v) is 3.89.